The summed E-state index contributed by atoms with van der Waals surface area (Å²) in [6.45, 7) is 3.65. The van der Waals surface area contributed by atoms with E-state index >= 15 is 0 Å². The second-order valence-electron chi connectivity index (χ2n) is 5.15. The highest BCUT2D eigenvalue weighted by Crippen LogP contribution is 2.31. The SMILES string of the molecule is Cc1cc([N+](=O)[O-])ccc1N1CCCCC1CCN. The van der Waals surface area contributed by atoms with Gasteiger partial charge in [-0.3, -0.25) is 10.1 Å². The second-order valence-corrected chi connectivity index (χ2v) is 5.15. The fourth-order valence-electron chi connectivity index (χ4n) is 2.89. The molecule has 5 nitrogen and oxygen atoms in total. The van der Waals surface area contributed by atoms with E-state index in [4.69, 9.17) is 5.73 Å². The van der Waals surface area contributed by atoms with Gasteiger partial charge in [-0.25, -0.2) is 0 Å². The third-order valence-electron chi connectivity index (χ3n) is 3.83. The third-order valence-corrected chi connectivity index (χ3v) is 3.83. The monoisotopic (exact) mass is 263 g/mol. The lowest BCUT2D eigenvalue weighted by atomic mass is 9.97. The zero-order valence-corrected chi connectivity index (χ0v) is 11.3. The third kappa shape index (κ3) is 3.04. The number of hydrogen-bond donors (Lipinski definition) is 1. The van der Waals surface area contributed by atoms with Crippen molar-refractivity contribution in [3.8, 4) is 0 Å². The van der Waals surface area contributed by atoms with E-state index in [0.29, 0.717) is 12.6 Å². The highest BCUT2D eigenvalue weighted by molar-refractivity contribution is 5.58. The Morgan fingerprint density at radius 1 is 1.47 bits per heavy atom. The van der Waals surface area contributed by atoms with Crippen LogP contribution < -0.4 is 10.6 Å². The van der Waals surface area contributed by atoms with Gasteiger partial charge in [0, 0.05) is 30.4 Å². The highest BCUT2D eigenvalue weighted by Gasteiger charge is 2.23. The van der Waals surface area contributed by atoms with Gasteiger partial charge < -0.3 is 10.6 Å². The van der Waals surface area contributed by atoms with E-state index in [2.05, 4.69) is 4.90 Å². The average molecular weight is 263 g/mol. The van der Waals surface area contributed by atoms with Crippen LogP contribution in [0, 0.1) is 17.0 Å². The number of nitro groups is 1. The Morgan fingerprint density at radius 2 is 2.26 bits per heavy atom. The van der Waals surface area contributed by atoms with Crippen LogP contribution in [0.15, 0.2) is 18.2 Å². The van der Waals surface area contributed by atoms with Crippen molar-refractivity contribution in [1.82, 2.24) is 0 Å². The molecule has 0 amide bonds. The first kappa shape index (κ1) is 13.8. The van der Waals surface area contributed by atoms with Crippen molar-refractivity contribution in [2.45, 2.75) is 38.6 Å². The lowest BCUT2D eigenvalue weighted by Gasteiger charge is -2.38. The van der Waals surface area contributed by atoms with Crippen LogP contribution in [0.5, 0.6) is 0 Å². The topological polar surface area (TPSA) is 72.4 Å². The van der Waals surface area contributed by atoms with Crippen molar-refractivity contribution in [3.63, 3.8) is 0 Å². The molecule has 1 saturated heterocycles. The summed E-state index contributed by atoms with van der Waals surface area (Å²) in [7, 11) is 0. The number of hydrogen-bond acceptors (Lipinski definition) is 4. The molecule has 1 unspecified atom stereocenters. The first-order valence-corrected chi connectivity index (χ1v) is 6.85. The summed E-state index contributed by atoms with van der Waals surface area (Å²) in [4.78, 5) is 12.8. The van der Waals surface area contributed by atoms with E-state index in [1.54, 1.807) is 12.1 Å². The summed E-state index contributed by atoms with van der Waals surface area (Å²) in [6.07, 6.45) is 4.56. The number of anilines is 1. The van der Waals surface area contributed by atoms with Crippen LogP contribution in [0.1, 0.15) is 31.2 Å². The summed E-state index contributed by atoms with van der Waals surface area (Å²) in [6, 6.07) is 5.60. The Kier molecular flexibility index (Phi) is 4.37. The highest BCUT2D eigenvalue weighted by atomic mass is 16.6. The molecule has 2 N–H and O–H groups in total. The summed E-state index contributed by atoms with van der Waals surface area (Å²) < 4.78 is 0. The number of benzene rings is 1. The molecule has 1 aromatic carbocycles. The molecule has 5 heteroatoms. The van der Waals surface area contributed by atoms with Crippen LogP contribution in [-0.2, 0) is 0 Å². The molecule has 1 aliphatic heterocycles. The van der Waals surface area contributed by atoms with E-state index < -0.39 is 0 Å². The minimum Gasteiger partial charge on any atom is -0.368 e. The van der Waals surface area contributed by atoms with Crippen LogP contribution >= 0.6 is 0 Å². The average Bonchev–Trinajstić information content (AvgIpc) is 2.40. The molecule has 0 saturated carbocycles. The molecule has 1 fully saturated rings. The lowest BCUT2D eigenvalue weighted by molar-refractivity contribution is -0.384. The van der Waals surface area contributed by atoms with Gasteiger partial charge in [0.2, 0.25) is 0 Å². The van der Waals surface area contributed by atoms with Crippen molar-refractivity contribution in [1.29, 1.82) is 0 Å². The van der Waals surface area contributed by atoms with E-state index in [0.717, 1.165) is 30.6 Å². The zero-order valence-electron chi connectivity index (χ0n) is 11.3. The fraction of sp³-hybridized carbons (Fsp3) is 0.571. The summed E-state index contributed by atoms with van der Waals surface area (Å²) >= 11 is 0. The van der Waals surface area contributed by atoms with Crippen LogP contribution in [0.25, 0.3) is 0 Å². The number of aryl methyl sites for hydroxylation is 1. The van der Waals surface area contributed by atoms with Gasteiger partial charge in [0.1, 0.15) is 0 Å². The van der Waals surface area contributed by atoms with E-state index in [-0.39, 0.29) is 10.6 Å². The maximum Gasteiger partial charge on any atom is 0.269 e. The van der Waals surface area contributed by atoms with Gasteiger partial charge in [-0.15, -0.1) is 0 Å². The van der Waals surface area contributed by atoms with Gasteiger partial charge in [-0.05, 0) is 50.8 Å². The van der Waals surface area contributed by atoms with E-state index in [1.165, 1.54) is 12.8 Å². The second kappa shape index (κ2) is 6.02. The summed E-state index contributed by atoms with van der Waals surface area (Å²) in [5.74, 6) is 0. The molecule has 0 bridgehead atoms. The Balaban J connectivity index is 2.26. The minimum absolute atomic E-state index is 0.161. The quantitative estimate of drug-likeness (QED) is 0.669. The Labute approximate surface area is 113 Å². The molecule has 0 aliphatic carbocycles. The number of piperidine rings is 1. The molecule has 2 rings (SSSR count). The van der Waals surface area contributed by atoms with Crippen molar-refractivity contribution >= 4 is 11.4 Å². The molecule has 0 aromatic heterocycles. The van der Waals surface area contributed by atoms with Gasteiger partial charge in [-0.2, -0.15) is 0 Å². The van der Waals surface area contributed by atoms with Gasteiger partial charge in [0.15, 0.2) is 0 Å². The molecule has 0 spiro atoms. The zero-order chi connectivity index (χ0) is 13.8. The normalized spacial score (nSPS) is 19.5. The number of rotatable bonds is 4. The predicted octanol–water partition coefficient (Wildman–Crippen LogP) is 2.61. The summed E-state index contributed by atoms with van der Waals surface area (Å²) in [5, 5.41) is 10.8. The Bertz CT molecular complexity index is 460. The fourth-order valence-corrected chi connectivity index (χ4v) is 2.89. The van der Waals surface area contributed by atoms with Gasteiger partial charge in [-0.1, -0.05) is 0 Å². The van der Waals surface area contributed by atoms with Crippen molar-refractivity contribution in [2.75, 3.05) is 18.0 Å². The maximum absolute atomic E-state index is 10.8. The van der Waals surface area contributed by atoms with Gasteiger partial charge in [0.25, 0.3) is 5.69 Å². The number of nitro benzene ring substituents is 1. The van der Waals surface area contributed by atoms with Crippen molar-refractivity contribution < 1.29 is 4.92 Å². The molecule has 1 aromatic rings. The standard InChI is InChI=1S/C14H21N3O2/c1-11-10-13(17(18)19)5-6-14(11)16-9-3-2-4-12(16)7-8-15/h5-6,10,12H,2-4,7-9,15H2,1H3. The smallest absolute Gasteiger partial charge is 0.269 e. The molecule has 1 aliphatic rings. The Hall–Kier alpha value is -1.62. The lowest BCUT2D eigenvalue weighted by Crippen LogP contribution is -2.41. The minimum atomic E-state index is -0.343. The van der Waals surface area contributed by atoms with Crippen LogP contribution in [0.3, 0.4) is 0 Å². The van der Waals surface area contributed by atoms with Crippen LogP contribution in [0.2, 0.25) is 0 Å². The van der Waals surface area contributed by atoms with Crippen LogP contribution in [0.4, 0.5) is 11.4 Å². The summed E-state index contributed by atoms with van der Waals surface area (Å²) in [5.41, 5.74) is 7.93. The maximum atomic E-state index is 10.8. The first-order chi connectivity index (χ1) is 9.13. The van der Waals surface area contributed by atoms with Gasteiger partial charge in [0.05, 0.1) is 4.92 Å². The van der Waals surface area contributed by atoms with E-state index in [9.17, 15) is 10.1 Å². The Morgan fingerprint density at radius 3 is 2.89 bits per heavy atom. The van der Waals surface area contributed by atoms with Crippen molar-refractivity contribution in [3.05, 3.63) is 33.9 Å². The largest absolute Gasteiger partial charge is 0.368 e. The molecule has 1 atom stereocenters. The van der Waals surface area contributed by atoms with Crippen molar-refractivity contribution in [2.24, 2.45) is 5.73 Å². The molecule has 0 radical (unpaired) electrons. The number of nitrogens with zero attached hydrogens (tertiary/aromatic N) is 2. The molecule has 104 valence electrons. The molecule has 19 heavy (non-hydrogen) atoms. The molecular formula is C14H21N3O2. The molecule has 1 heterocycles. The van der Waals surface area contributed by atoms with E-state index in [1.807, 2.05) is 13.0 Å². The van der Waals surface area contributed by atoms with Gasteiger partial charge >= 0.3 is 0 Å². The number of nitrogens with two attached hydrogens (primary N) is 1. The number of non-ortho nitro benzene ring substituents is 1. The first-order valence-electron chi connectivity index (χ1n) is 6.85. The predicted molar refractivity (Wildman–Crippen MR) is 76.5 cm³/mol. The molecular weight excluding hydrogens is 242 g/mol. The van der Waals surface area contributed by atoms with Crippen LogP contribution in [-0.4, -0.2) is 24.1 Å².